The van der Waals surface area contributed by atoms with Crippen LogP contribution in [0, 0.1) is 5.92 Å². The Morgan fingerprint density at radius 2 is 2.38 bits per heavy atom. The summed E-state index contributed by atoms with van der Waals surface area (Å²) in [5.74, 6) is 1.70. The Kier molecular flexibility index (Phi) is 3.93. The quantitative estimate of drug-likeness (QED) is 0.784. The zero-order valence-corrected chi connectivity index (χ0v) is 10.2. The molecule has 0 N–H and O–H groups in total. The normalized spacial score (nSPS) is 21.6. The lowest BCUT2D eigenvalue weighted by Gasteiger charge is -2.22. The van der Waals surface area contributed by atoms with E-state index < -0.39 is 0 Å². The Morgan fingerprint density at radius 3 is 3.06 bits per heavy atom. The number of rotatable bonds is 4. The molecule has 0 radical (unpaired) electrons. The van der Waals surface area contributed by atoms with E-state index in [1.807, 2.05) is 6.33 Å². The first-order chi connectivity index (χ1) is 7.75. The summed E-state index contributed by atoms with van der Waals surface area (Å²) >= 11 is 0. The van der Waals surface area contributed by atoms with Crippen molar-refractivity contribution in [2.24, 2.45) is 5.92 Å². The maximum absolute atomic E-state index is 5.73. The Morgan fingerprint density at radius 1 is 1.50 bits per heavy atom. The minimum Gasteiger partial charge on any atom is -0.378 e. The van der Waals surface area contributed by atoms with Crippen LogP contribution >= 0.6 is 0 Å². The summed E-state index contributed by atoms with van der Waals surface area (Å²) in [5.41, 5.74) is 0. The molecule has 16 heavy (non-hydrogen) atoms. The van der Waals surface area contributed by atoms with Gasteiger partial charge in [-0.1, -0.05) is 13.8 Å². The summed E-state index contributed by atoms with van der Waals surface area (Å²) in [4.78, 5) is 0. The number of hydrogen-bond donors (Lipinski definition) is 0. The number of nitrogens with zero attached hydrogens (tertiary/aromatic N) is 3. The third-order valence-electron chi connectivity index (χ3n) is 2.94. The summed E-state index contributed by atoms with van der Waals surface area (Å²) in [6, 6.07) is 0. The van der Waals surface area contributed by atoms with Crippen molar-refractivity contribution in [1.82, 2.24) is 14.8 Å². The summed E-state index contributed by atoms with van der Waals surface area (Å²) < 4.78 is 7.89. The minimum atomic E-state index is 0.351. The number of aromatic nitrogens is 3. The van der Waals surface area contributed by atoms with Gasteiger partial charge in [0.05, 0.1) is 6.10 Å². The van der Waals surface area contributed by atoms with Crippen LogP contribution in [0.15, 0.2) is 6.33 Å². The molecule has 90 valence electrons. The van der Waals surface area contributed by atoms with Gasteiger partial charge in [0.1, 0.15) is 12.2 Å². The molecule has 1 aliphatic heterocycles. The third kappa shape index (κ3) is 3.04. The van der Waals surface area contributed by atoms with Crippen LogP contribution in [0.25, 0.3) is 0 Å². The van der Waals surface area contributed by atoms with E-state index in [0.29, 0.717) is 12.0 Å². The Hall–Kier alpha value is -0.900. The molecule has 2 heterocycles. The minimum absolute atomic E-state index is 0.351. The first kappa shape index (κ1) is 11.6. The van der Waals surface area contributed by atoms with Crippen molar-refractivity contribution in [2.45, 2.75) is 52.2 Å². The van der Waals surface area contributed by atoms with Crippen LogP contribution in [-0.4, -0.2) is 27.5 Å². The molecule has 0 spiro atoms. The van der Waals surface area contributed by atoms with Gasteiger partial charge in [-0.15, -0.1) is 10.2 Å². The van der Waals surface area contributed by atoms with Crippen molar-refractivity contribution in [3.63, 3.8) is 0 Å². The molecule has 1 atom stereocenters. The molecule has 0 amide bonds. The van der Waals surface area contributed by atoms with Crippen LogP contribution < -0.4 is 0 Å². The summed E-state index contributed by atoms with van der Waals surface area (Å²) in [5, 5.41) is 8.19. The molecular formula is C12H21N3O. The van der Waals surface area contributed by atoms with E-state index in [0.717, 1.165) is 31.8 Å². The van der Waals surface area contributed by atoms with Crippen LogP contribution in [-0.2, 0) is 17.7 Å². The SMILES string of the molecule is CC(C)Cn1cnnc1CC1CCCCO1. The van der Waals surface area contributed by atoms with Crippen LogP contribution in [0.4, 0.5) is 0 Å². The topological polar surface area (TPSA) is 39.9 Å². The molecule has 2 rings (SSSR count). The molecule has 1 aliphatic rings. The van der Waals surface area contributed by atoms with Crippen molar-refractivity contribution in [1.29, 1.82) is 0 Å². The van der Waals surface area contributed by atoms with E-state index in [4.69, 9.17) is 4.74 Å². The lowest BCUT2D eigenvalue weighted by atomic mass is 10.1. The smallest absolute Gasteiger partial charge is 0.135 e. The average Bonchev–Trinajstić information content (AvgIpc) is 2.66. The predicted octanol–water partition coefficient (Wildman–Crippen LogP) is 2.05. The van der Waals surface area contributed by atoms with Crippen molar-refractivity contribution < 1.29 is 4.74 Å². The lowest BCUT2D eigenvalue weighted by Crippen LogP contribution is -2.23. The number of hydrogen-bond acceptors (Lipinski definition) is 3. The molecule has 1 unspecified atom stereocenters. The van der Waals surface area contributed by atoms with Gasteiger partial charge >= 0.3 is 0 Å². The van der Waals surface area contributed by atoms with Crippen molar-refractivity contribution >= 4 is 0 Å². The van der Waals surface area contributed by atoms with Gasteiger partial charge in [-0.25, -0.2) is 0 Å². The molecular weight excluding hydrogens is 202 g/mol. The third-order valence-corrected chi connectivity index (χ3v) is 2.94. The average molecular weight is 223 g/mol. The van der Waals surface area contributed by atoms with Crippen LogP contribution in [0.5, 0.6) is 0 Å². The van der Waals surface area contributed by atoms with E-state index >= 15 is 0 Å². The highest BCUT2D eigenvalue weighted by atomic mass is 16.5. The van der Waals surface area contributed by atoms with E-state index in [9.17, 15) is 0 Å². The van der Waals surface area contributed by atoms with E-state index in [2.05, 4.69) is 28.6 Å². The first-order valence-electron chi connectivity index (χ1n) is 6.24. The lowest BCUT2D eigenvalue weighted by molar-refractivity contribution is 0.0150. The van der Waals surface area contributed by atoms with Gasteiger partial charge < -0.3 is 9.30 Å². The molecule has 1 aromatic heterocycles. The van der Waals surface area contributed by atoms with E-state index in [1.54, 1.807) is 0 Å². The van der Waals surface area contributed by atoms with Crippen molar-refractivity contribution in [3.05, 3.63) is 12.2 Å². The molecule has 1 aromatic rings. The molecule has 0 aliphatic carbocycles. The Balaban J connectivity index is 1.94. The van der Waals surface area contributed by atoms with Crippen LogP contribution in [0.2, 0.25) is 0 Å². The largest absolute Gasteiger partial charge is 0.378 e. The van der Waals surface area contributed by atoms with Gasteiger partial charge in [0.2, 0.25) is 0 Å². The van der Waals surface area contributed by atoms with E-state index in [1.165, 1.54) is 12.8 Å². The highest BCUT2D eigenvalue weighted by Gasteiger charge is 2.17. The van der Waals surface area contributed by atoms with E-state index in [-0.39, 0.29) is 0 Å². The second kappa shape index (κ2) is 5.43. The van der Waals surface area contributed by atoms with Gasteiger partial charge in [0.15, 0.2) is 0 Å². The molecule has 0 saturated carbocycles. The maximum Gasteiger partial charge on any atom is 0.135 e. The summed E-state index contributed by atoms with van der Waals surface area (Å²) in [6.45, 7) is 6.32. The zero-order valence-electron chi connectivity index (χ0n) is 10.2. The molecule has 1 saturated heterocycles. The molecule has 1 fully saturated rings. The van der Waals surface area contributed by atoms with Gasteiger partial charge in [-0.3, -0.25) is 0 Å². The van der Waals surface area contributed by atoms with Gasteiger partial charge in [0, 0.05) is 19.6 Å². The zero-order chi connectivity index (χ0) is 11.4. The van der Waals surface area contributed by atoms with Gasteiger partial charge in [0.25, 0.3) is 0 Å². The van der Waals surface area contributed by atoms with Crippen molar-refractivity contribution in [3.8, 4) is 0 Å². The molecule has 0 aromatic carbocycles. The summed E-state index contributed by atoms with van der Waals surface area (Å²) in [7, 11) is 0. The highest BCUT2D eigenvalue weighted by Crippen LogP contribution is 2.16. The second-order valence-corrected chi connectivity index (χ2v) is 4.99. The second-order valence-electron chi connectivity index (χ2n) is 4.99. The molecule has 4 heteroatoms. The van der Waals surface area contributed by atoms with Crippen LogP contribution in [0.3, 0.4) is 0 Å². The Bertz CT molecular complexity index is 316. The fraction of sp³-hybridized carbons (Fsp3) is 0.833. The maximum atomic E-state index is 5.73. The summed E-state index contributed by atoms with van der Waals surface area (Å²) in [6.07, 6.45) is 6.74. The van der Waals surface area contributed by atoms with Gasteiger partial charge in [-0.05, 0) is 25.2 Å². The standard InChI is InChI=1S/C12H21N3O/c1-10(2)8-15-9-13-14-12(15)7-11-5-3-4-6-16-11/h9-11H,3-8H2,1-2H3. The van der Waals surface area contributed by atoms with Crippen LogP contribution in [0.1, 0.15) is 38.9 Å². The van der Waals surface area contributed by atoms with Gasteiger partial charge in [-0.2, -0.15) is 0 Å². The molecule has 4 nitrogen and oxygen atoms in total. The first-order valence-corrected chi connectivity index (χ1v) is 6.24. The number of ether oxygens (including phenoxy) is 1. The Labute approximate surface area is 97.0 Å². The fourth-order valence-corrected chi connectivity index (χ4v) is 2.15. The predicted molar refractivity (Wildman–Crippen MR) is 62.2 cm³/mol. The fourth-order valence-electron chi connectivity index (χ4n) is 2.15. The monoisotopic (exact) mass is 223 g/mol. The molecule has 0 bridgehead atoms. The highest BCUT2D eigenvalue weighted by molar-refractivity contribution is 4.89. The van der Waals surface area contributed by atoms with Crippen molar-refractivity contribution in [2.75, 3.05) is 6.61 Å².